The van der Waals surface area contributed by atoms with Crippen LogP contribution < -0.4 is 5.32 Å². The number of thioether (sulfide) groups is 1. The third-order valence-corrected chi connectivity index (χ3v) is 6.59. The minimum absolute atomic E-state index is 0.547. The highest BCUT2D eigenvalue weighted by Crippen LogP contribution is 2.43. The number of thiophene rings is 1. The van der Waals surface area contributed by atoms with E-state index < -0.39 is 0 Å². The SMILES string of the molecule is CC(CCNC1C[C@H](C)Sc2sccc21)c1ccccc1. The quantitative estimate of drug-likeness (QED) is 0.786. The molecule has 2 heterocycles. The molecule has 0 spiro atoms. The molecule has 1 N–H and O–H groups in total. The lowest BCUT2D eigenvalue weighted by molar-refractivity contribution is 0.470. The summed E-state index contributed by atoms with van der Waals surface area (Å²) in [6.07, 6.45) is 2.44. The minimum Gasteiger partial charge on any atom is -0.310 e. The van der Waals surface area contributed by atoms with Gasteiger partial charge >= 0.3 is 0 Å². The highest BCUT2D eigenvalue weighted by atomic mass is 32.2. The second-order valence-corrected chi connectivity index (χ2v) is 8.56. The maximum Gasteiger partial charge on any atom is 0.0649 e. The normalized spacial score (nSPS) is 22.8. The van der Waals surface area contributed by atoms with Gasteiger partial charge in [0, 0.05) is 11.3 Å². The lowest BCUT2D eigenvalue weighted by Gasteiger charge is -2.28. The molecule has 0 radical (unpaired) electrons. The highest BCUT2D eigenvalue weighted by Gasteiger charge is 2.25. The van der Waals surface area contributed by atoms with E-state index in [-0.39, 0.29) is 0 Å². The van der Waals surface area contributed by atoms with Crippen molar-refractivity contribution in [2.45, 2.75) is 48.1 Å². The average Bonchev–Trinajstić information content (AvgIpc) is 2.96. The highest BCUT2D eigenvalue weighted by molar-refractivity contribution is 8.01. The molecule has 3 atom stereocenters. The fourth-order valence-corrected chi connectivity index (χ4v) is 5.53. The van der Waals surface area contributed by atoms with Gasteiger partial charge in [0.1, 0.15) is 0 Å². The Morgan fingerprint density at radius 2 is 2.05 bits per heavy atom. The van der Waals surface area contributed by atoms with E-state index >= 15 is 0 Å². The summed E-state index contributed by atoms with van der Waals surface area (Å²) in [6, 6.07) is 13.7. The van der Waals surface area contributed by atoms with E-state index in [1.807, 2.05) is 23.1 Å². The molecule has 1 nitrogen and oxygen atoms in total. The summed E-state index contributed by atoms with van der Waals surface area (Å²) >= 11 is 3.93. The molecule has 0 amide bonds. The molecule has 2 aromatic rings. The molecule has 21 heavy (non-hydrogen) atoms. The molecule has 0 saturated carbocycles. The number of hydrogen-bond acceptors (Lipinski definition) is 3. The van der Waals surface area contributed by atoms with Crippen molar-refractivity contribution >= 4 is 23.1 Å². The molecule has 0 fully saturated rings. The minimum atomic E-state index is 0.547. The van der Waals surface area contributed by atoms with E-state index in [0.29, 0.717) is 12.0 Å². The molecular weight excluding hydrogens is 294 g/mol. The molecule has 0 saturated heterocycles. The topological polar surface area (TPSA) is 12.0 Å². The lowest BCUT2D eigenvalue weighted by atomic mass is 9.97. The molecule has 0 bridgehead atoms. The molecule has 1 aromatic carbocycles. The van der Waals surface area contributed by atoms with Gasteiger partial charge in [-0.1, -0.05) is 44.2 Å². The van der Waals surface area contributed by atoms with E-state index in [9.17, 15) is 0 Å². The van der Waals surface area contributed by atoms with Crippen LogP contribution in [0.15, 0.2) is 46.0 Å². The molecule has 112 valence electrons. The Balaban J connectivity index is 1.54. The van der Waals surface area contributed by atoms with Gasteiger partial charge in [0.2, 0.25) is 0 Å². The first kappa shape index (κ1) is 15.1. The summed E-state index contributed by atoms with van der Waals surface area (Å²) < 4.78 is 1.52. The molecule has 1 aliphatic rings. The van der Waals surface area contributed by atoms with Gasteiger partial charge in [-0.25, -0.2) is 0 Å². The van der Waals surface area contributed by atoms with Crippen molar-refractivity contribution in [2.75, 3.05) is 6.54 Å². The predicted octanol–water partition coefficient (Wildman–Crippen LogP) is 5.46. The Morgan fingerprint density at radius 3 is 2.86 bits per heavy atom. The molecule has 2 unspecified atom stereocenters. The molecular formula is C18H23NS2. The maximum absolute atomic E-state index is 3.79. The molecule has 1 aliphatic heterocycles. The summed E-state index contributed by atoms with van der Waals surface area (Å²) in [5.74, 6) is 0.621. The van der Waals surface area contributed by atoms with E-state index in [1.54, 1.807) is 0 Å². The zero-order chi connectivity index (χ0) is 14.7. The van der Waals surface area contributed by atoms with Crippen LogP contribution in [-0.2, 0) is 0 Å². The third-order valence-electron chi connectivity index (χ3n) is 4.25. The molecule has 1 aromatic heterocycles. The fourth-order valence-electron chi connectivity index (χ4n) is 2.96. The van der Waals surface area contributed by atoms with Crippen LogP contribution in [0.1, 0.15) is 49.8 Å². The van der Waals surface area contributed by atoms with Crippen LogP contribution in [0.2, 0.25) is 0 Å². The van der Waals surface area contributed by atoms with Crippen molar-refractivity contribution in [3.8, 4) is 0 Å². The van der Waals surface area contributed by atoms with Gasteiger partial charge in [0.05, 0.1) is 4.21 Å². The summed E-state index contributed by atoms with van der Waals surface area (Å²) in [7, 11) is 0. The number of fused-ring (bicyclic) bond motifs is 1. The second-order valence-electron chi connectivity index (χ2n) is 5.93. The number of rotatable bonds is 5. The fraction of sp³-hybridized carbons (Fsp3) is 0.444. The van der Waals surface area contributed by atoms with Gasteiger partial charge in [-0.3, -0.25) is 0 Å². The van der Waals surface area contributed by atoms with Gasteiger partial charge in [0.15, 0.2) is 0 Å². The summed E-state index contributed by atoms with van der Waals surface area (Å²) in [5.41, 5.74) is 2.97. The van der Waals surface area contributed by atoms with Crippen molar-refractivity contribution in [1.82, 2.24) is 5.32 Å². The Kier molecular flexibility index (Phi) is 5.04. The van der Waals surface area contributed by atoms with Crippen molar-refractivity contribution in [3.63, 3.8) is 0 Å². The van der Waals surface area contributed by atoms with E-state index in [2.05, 4.69) is 60.9 Å². The Morgan fingerprint density at radius 1 is 1.24 bits per heavy atom. The summed E-state index contributed by atoms with van der Waals surface area (Å²) in [5, 5.41) is 6.74. The van der Waals surface area contributed by atoms with Crippen molar-refractivity contribution in [1.29, 1.82) is 0 Å². The predicted molar refractivity (Wildman–Crippen MR) is 94.5 cm³/mol. The number of nitrogens with one attached hydrogen (secondary N) is 1. The second kappa shape index (κ2) is 6.99. The first-order chi connectivity index (χ1) is 10.2. The van der Waals surface area contributed by atoms with Gasteiger partial charge in [-0.2, -0.15) is 0 Å². The van der Waals surface area contributed by atoms with Crippen molar-refractivity contribution in [2.24, 2.45) is 0 Å². The van der Waals surface area contributed by atoms with Gasteiger partial charge in [-0.15, -0.1) is 23.1 Å². The zero-order valence-electron chi connectivity index (χ0n) is 12.7. The maximum atomic E-state index is 3.79. The first-order valence-corrected chi connectivity index (χ1v) is 9.52. The zero-order valence-corrected chi connectivity index (χ0v) is 14.3. The number of benzene rings is 1. The third kappa shape index (κ3) is 3.71. The summed E-state index contributed by atoms with van der Waals surface area (Å²) in [6.45, 7) is 5.76. The van der Waals surface area contributed by atoms with Crippen LogP contribution >= 0.6 is 23.1 Å². The standard InChI is InChI=1S/C18H23NS2/c1-13(15-6-4-3-5-7-15)8-10-19-17-12-14(2)21-18-16(17)9-11-20-18/h3-7,9,11,13-14,17,19H,8,10,12H2,1-2H3/t13?,14-,17?/m0/s1. The smallest absolute Gasteiger partial charge is 0.0649 e. The van der Waals surface area contributed by atoms with E-state index in [4.69, 9.17) is 0 Å². The van der Waals surface area contributed by atoms with Gasteiger partial charge in [-0.05, 0) is 47.9 Å². The monoisotopic (exact) mass is 317 g/mol. The van der Waals surface area contributed by atoms with E-state index in [0.717, 1.165) is 11.8 Å². The Bertz CT molecular complexity index is 564. The first-order valence-electron chi connectivity index (χ1n) is 7.76. The average molecular weight is 318 g/mol. The summed E-state index contributed by atoms with van der Waals surface area (Å²) in [4.78, 5) is 0. The van der Waals surface area contributed by atoms with Crippen LogP contribution in [0.25, 0.3) is 0 Å². The van der Waals surface area contributed by atoms with Gasteiger partial charge in [0.25, 0.3) is 0 Å². The van der Waals surface area contributed by atoms with Crippen LogP contribution in [0.5, 0.6) is 0 Å². The molecule has 3 heteroatoms. The Labute approximate surface area is 136 Å². The van der Waals surface area contributed by atoms with Crippen LogP contribution in [0.3, 0.4) is 0 Å². The van der Waals surface area contributed by atoms with E-state index in [1.165, 1.54) is 28.2 Å². The number of hydrogen-bond donors (Lipinski definition) is 1. The van der Waals surface area contributed by atoms with Crippen molar-refractivity contribution in [3.05, 3.63) is 52.9 Å². The Hall–Kier alpha value is -0.770. The molecule has 0 aliphatic carbocycles. The van der Waals surface area contributed by atoms with Crippen LogP contribution in [0.4, 0.5) is 0 Å². The van der Waals surface area contributed by atoms with Crippen molar-refractivity contribution < 1.29 is 0 Å². The largest absolute Gasteiger partial charge is 0.310 e. The lowest BCUT2D eigenvalue weighted by Crippen LogP contribution is -2.27. The molecule has 3 rings (SSSR count). The van der Waals surface area contributed by atoms with Crippen LogP contribution in [-0.4, -0.2) is 11.8 Å². The van der Waals surface area contributed by atoms with Gasteiger partial charge < -0.3 is 5.32 Å². The van der Waals surface area contributed by atoms with Crippen LogP contribution in [0, 0.1) is 0 Å².